The van der Waals surface area contributed by atoms with Crippen LogP contribution in [0.1, 0.15) is 34.0 Å². The quantitative estimate of drug-likeness (QED) is 0.650. The first-order valence-corrected chi connectivity index (χ1v) is 7.32. The van der Waals surface area contributed by atoms with Gasteiger partial charge in [-0.25, -0.2) is 4.39 Å². The van der Waals surface area contributed by atoms with Gasteiger partial charge in [0.25, 0.3) is 0 Å². The van der Waals surface area contributed by atoms with E-state index >= 15 is 0 Å². The molecule has 2 N–H and O–H groups in total. The Hall–Kier alpha value is -2.89. The lowest BCUT2D eigenvalue weighted by molar-refractivity contribution is -0.139. The summed E-state index contributed by atoms with van der Waals surface area (Å²) in [5.74, 6) is -2.32. The molecule has 0 heterocycles. The number of rotatable bonds is 5. The number of hydrogen-bond donors (Lipinski definition) is 2. The minimum Gasteiger partial charge on any atom is -0.508 e. The fourth-order valence-electron chi connectivity index (χ4n) is 2.55. The lowest BCUT2D eigenvalue weighted by atomic mass is 9.90. The van der Waals surface area contributed by atoms with Gasteiger partial charge in [0.15, 0.2) is 5.78 Å². The van der Waals surface area contributed by atoms with Crippen LogP contribution in [0.25, 0.3) is 0 Å². The summed E-state index contributed by atoms with van der Waals surface area (Å²) in [6, 6.07) is 5.90. The Morgan fingerprint density at radius 3 is 2.25 bits per heavy atom. The Bertz CT molecular complexity index is 781. The molecule has 0 aliphatic heterocycles. The number of phenolic OH excluding ortho intramolecular Hbond substituents is 2. The van der Waals surface area contributed by atoms with Gasteiger partial charge in [-0.1, -0.05) is 6.92 Å². The van der Waals surface area contributed by atoms with E-state index in [0.29, 0.717) is 12.0 Å². The summed E-state index contributed by atoms with van der Waals surface area (Å²) in [6.07, 6.45) is 0.0754. The molecule has 0 aliphatic rings. The molecule has 2 aromatic carbocycles. The number of aromatic hydroxyl groups is 2. The van der Waals surface area contributed by atoms with E-state index in [-0.39, 0.29) is 28.9 Å². The highest BCUT2D eigenvalue weighted by Gasteiger charge is 2.25. The van der Waals surface area contributed by atoms with E-state index in [9.17, 15) is 24.2 Å². The van der Waals surface area contributed by atoms with Gasteiger partial charge in [0.05, 0.1) is 19.1 Å². The molecule has 6 heteroatoms. The Kier molecular flexibility index (Phi) is 5.18. The number of ketones is 1. The van der Waals surface area contributed by atoms with Gasteiger partial charge in [-0.05, 0) is 41.8 Å². The second-order valence-corrected chi connectivity index (χ2v) is 5.19. The Morgan fingerprint density at radius 1 is 1.08 bits per heavy atom. The molecular weight excluding hydrogens is 315 g/mol. The number of benzene rings is 2. The number of methoxy groups -OCH3 is 1. The van der Waals surface area contributed by atoms with E-state index in [1.54, 1.807) is 6.92 Å². The predicted molar refractivity (Wildman–Crippen MR) is 84.7 cm³/mol. The number of carbonyl (C=O) groups is 2. The van der Waals surface area contributed by atoms with Crippen molar-refractivity contribution >= 4 is 11.8 Å². The smallest absolute Gasteiger partial charge is 0.310 e. The van der Waals surface area contributed by atoms with Gasteiger partial charge in [0.1, 0.15) is 17.3 Å². The average molecular weight is 332 g/mol. The summed E-state index contributed by atoms with van der Waals surface area (Å²) in [5, 5.41) is 20.2. The largest absolute Gasteiger partial charge is 0.508 e. The van der Waals surface area contributed by atoms with E-state index in [1.165, 1.54) is 19.2 Å². The van der Waals surface area contributed by atoms with E-state index in [1.807, 2.05) is 0 Å². The first-order valence-electron chi connectivity index (χ1n) is 7.32. The maximum absolute atomic E-state index is 13.0. The summed E-state index contributed by atoms with van der Waals surface area (Å²) < 4.78 is 17.7. The van der Waals surface area contributed by atoms with Crippen molar-refractivity contribution in [1.82, 2.24) is 0 Å². The van der Waals surface area contributed by atoms with Crippen LogP contribution in [0.4, 0.5) is 4.39 Å². The second kappa shape index (κ2) is 7.12. The lowest BCUT2D eigenvalue weighted by Crippen LogP contribution is -2.14. The van der Waals surface area contributed by atoms with Crippen molar-refractivity contribution in [3.8, 4) is 11.5 Å². The molecule has 2 aromatic rings. The van der Waals surface area contributed by atoms with Crippen molar-refractivity contribution in [1.29, 1.82) is 0 Å². The van der Waals surface area contributed by atoms with Crippen LogP contribution in [0.15, 0.2) is 30.3 Å². The summed E-state index contributed by atoms with van der Waals surface area (Å²) in [7, 11) is 1.21. The normalized spacial score (nSPS) is 10.5. The van der Waals surface area contributed by atoms with Crippen molar-refractivity contribution in [2.24, 2.45) is 0 Å². The third-order valence-corrected chi connectivity index (χ3v) is 3.74. The maximum atomic E-state index is 13.0. The van der Waals surface area contributed by atoms with E-state index < -0.39 is 23.3 Å². The molecule has 0 atom stereocenters. The Morgan fingerprint density at radius 2 is 1.71 bits per heavy atom. The van der Waals surface area contributed by atoms with Crippen LogP contribution in [0.5, 0.6) is 11.5 Å². The minimum absolute atomic E-state index is 0.0957. The average Bonchev–Trinajstić information content (AvgIpc) is 2.55. The van der Waals surface area contributed by atoms with Gasteiger partial charge in [-0.3, -0.25) is 9.59 Å². The Balaban J connectivity index is 2.64. The van der Waals surface area contributed by atoms with Crippen LogP contribution >= 0.6 is 0 Å². The van der Waals surface area contributed by atoms with Crippen LogP contribution < -0.4 is 0 Å². The summed E-state index contributed by atoms with van der Waals surface area (Å²) in [6.45, 7) is 1.75. The zero-order chi connectivity index (χ0) is 17.9. The molecule has 0 saturated carbocycles. The number of esters is 1. The van der Waals surface area contributed by atoms with Crippen molar-refractivity contribution in [3.63, 3.8) is 0 Å². The zero-order valence-corrected chi connectivity index (χ0v) is 13.3. The topological polar surface area (TPSA) is 83.8 Å². The van der Waals surface area contributed by atoms with E-state index in [4.69, 9.17) is 0 Å². The number of phenols is 2. The fraction of sp³-hybridized carbons (Fsp3) is 0.222. The molecule has 0 amide bonds. The van der Waals surface area contributed by atoms with Crippen LogP contribution in [0.3, 0.4) is 0 Å². The molecule has 0 saturated heterocycles. The molecule has 126 valence electrons. The lowest BCUT2D eigenvalue weighted by Gasteiger charge is -2.16. The van der Waals surface area contributed by atoms with Gasteiger partial charge < -0.3 is 14.9 Å². The molecule has 0 bridgehead atoms. The molecular formula is C18H17FO5. The van der Waals surface area contributed by atoms with Crippen molar-refractivity contribution < 1.29 is 28.9 Å². The van der Waals surface area contributed by atoms with Crippen LogP contribution in [-0.2, 0) is 22.4 Å². The van der Waals surface area contributed by atoms with Crippen LogP contribution in [-0.4, -0.2) is 29.1 Å². The van der Waals surface area contributed by atoms with Gasteiger partial charge >= 0.3 is 5.97 Å². The van der Waals surface area contributed by atoms with Gasteiger partial charge in [-0.15, -0.1) is 0 Å². The molecule has 5 nitrogen and oxygen atoms in total. The number of ether oxygens (including phenoxy) is 1. The number of halogens is 1. The van der Waals surface area contributed by atoms with Gasteiger partial charge in [0, 0.05) is 11.6 Å². The SMILES string of the molecule is CCc1c(O)cc(O)c(C(=O)c2ccc(F)cc2)c1CC(=O)OC. The molecule has 0 aliphatic carbocycles. The highest BCUT2D eigenvalue weighted by molar-refractivity contribution is 6.12. The molecule has 0 unspecified atom stereocenters. The van der Waals surface area contributed by atoms with Crippen molar-refractivity contribution in [2.75, 3.05) is 7.11 Å². The predicted octanol–water partition coefficient (Wildman–Crippen LogP) is 2.75. The first kappa shape index (κ1) is 17.5. The summed E-state index contributed by atoms with van der Waals surface area (Å²) in [5.41, 5.74) is 0.645. The van der Waals surface area contributed by atoms with Gasteiger partial charge in [0.2, 0.25) is 0 Å². The molecule has 0 radical (unpaired) electrons. The highest BCUT2D eigenvalue weighted by atomic mass is 19.1. The van der Waals surface area contributed by atoms with E-state index in [0.717, 1.165) is 18.2 Å². The fourth-order valence-corrected chi connectivity index (χ4v) is 2.55. The van der Waals surface area contributed by atoms with Crippen molar-refractivity contribution in [2.45, 2.75) is 19.8 Å². The Labute approximate surface area is 138 Å². The minimum atomic E-state index is -0.608. The summed E-state index contributed by atoms with van der Waals surface area (Å²) >= 11 is 0. The molecule has 0 spiro atoms. The third-order valence-electron chi connectivity index (χ3n) is 3.74. The molecule has 24 heavy (non-hydrogen) atoms. The van der Waals surface area contributed by atoms with Crippen LogP contribution in [0.2, 0.25) is 0 Å². The third kappa shape index (κ3) is 3.37. The monoisotopic (exact) mass is 332 g/mol. The summed E-state index contributed by atoms with van der Waals surface area (Å²) in [4.78, 5) is 24.4. The van der Waals surface area contributed by atoms with Crippen molar-refractivity contribution in [3.05, 3.63) is 58.4 Å². The standard InChI is InChI=1S/C18H17FO5/c1-3-12-13(8-16(22)24-2)17(15(21)9-14(12)20)18(23)10-4-6-11(19)7-5-10/h4-7,9,20-21H,3,8H2,1-2H3. The zero-order valence-electron chi connectivity index (χ0n) is 13.3. The molecule has 0 aromatic heterocycles. The number of hydrogen-bond acceptors (Lipinski definition) is 5. The maximum Gasteiger partial charge on any atom is 0.310 e. The van der Waals surface area contributed by atoms with E-state index in [2.05, 4.69) is 4.74 Å². The number of carbonyl (C=O) groups excluding carboxylic acids is 2. The molecule has 0 fully saturated rings. The highest BCUT2D eigenvalue weighted by Crippen LogP contribution is 2.35. The first-order chi connectivity index (χ1) is 11.4. The second-order valence-electron chi connectivity index (χ2n) is 5.19. The van der Waals surface area contributed by atoms with Gasteiger partial charge in [-0.2, -0.15) is 0 Å². The molecule has 2 rings (SSSR count). The van der Waals surface area contributed by atoms with Crippen LogP contribution in [0, 0.1) is 5.82 Å².